The van der Waals surface area contributed by atoms with Gasteiger partial charge in [0.25, 0.3) is 10.0 Å². The number of anilines is 1. The highest BCUT2D eigenvalue weighted by atomic mass is 35.5. The molecule has 1 N–H and O–H groups in total. The Hall–Kier alpha value is -1.78. The molecule has 1 aliphatic rings. The van der Waals surface area contributed by atoms with Crippen LogP contribution < -0.4 is 5.32 Å². The van der Waals surface area contributed by atoms with Crippen molar-refractivity contribution in [2.75, 3.05) is 18.4 Å². The number of nitrogens with one attached hydrogen (secondary N) is 1. The normalized spacial score (nSPS) is 15.9. The van der Waals surface area contributed by atoms with E-state index >= 15 is 0 Å². The summed E-state index contributed by atoms with van der Waals surface area (Å²) in [4.78, 5) is 17.2. The van der Waals surface area contributed by atoms with E-state index in [1.807, 2.05) is 36.6 Å². The molecule has 3 heterocycles. The van der Waals surface area contributed by atoms with Gasteiger partial charge < -0.3 is 5.32 Å². The first-order chi connectivity index (χ1) is 14.3. The molecule has 2 aromatic heterocycles. The molecule has 0 spiro atoms. The minimum Gasteiger partial charge on any atom is -0.302 e. The van der Waals surface area contributed by atoms with E-state index in [0.29, 0.717) is 35.4 Å². The van der Waals surface area contributed by atoms with Crippen molar-refractivity contribution in [2.45, 2.75) is 24.0 Å². The molecule has 0 unspecified atom stereocenters. The number of aryl methyl sites for hydroxylation is 1. The number of rotatable bonds is 5. The van der Waals surface area contributed by atoms with Gasteiger partial charge in [-0.2, -0.15) is 4.31 Å². The molecule has 1 aromatic carbocycles. The molecule has 10 heteroatoms. The lowest BCUT2D eigenvalue weighted by Crippen LogP contribution is -2.41. The molecule has 0 atom stereocenters. The maximum absolute atomic E-state index is 12.7. The predicted octanol–water partition coefficient (Wildman–Crippen LogP) is 4.87. The van der Waals surface area contributed by atoms with Gasteiger partial charge >= 0.3 is 0 Å². The quantitative estimate of drug-likeness (QED) is 0.563. The molecule has 1 aliphatic heterocycles. The average molecular weight is 482 g/mol. The zero-order valence-electron chi connectivity index (χ0n) is 16.2. The van der Waals surface area contributed by atoms with E-state index in [9.17, 15) is 13.2 Å². The molecular formula is C20H20ClN3O3S3. The monoisotopic (exact) mass is 481 g/mol. The summed E-state index contributed by atoms with van der Waals surface area (Å²) in [5.41, 5.74) is 3.01. The van der Waals surface area contributed by atoms with Crippen LogP contribution in [0.3, 0.4) is 0 Å². The van der Waals surface area contributed by atoms with E-state index in [1.54, 1.807) is 6.07 Å². The molecular weight excluding hydrogens is 462 g/mol. The van der Waals surface area contributed by atoms with Crippen LogP contribution in [0.4, 0.5) is 5.13 Å². The van der Waals surface area contributed by atoms with E-state index in [0.717, 1.165) is 22.6 Å². The second kappa shape index (κ2) is 8.76. The standard InChI is InChI=1S/C20H20ClN3O3S3/c1-13-2-4-14(5-3-13)16-12-28-20(22-16)23-19(25)15-8-10-24(11-9-15)30(26,27)18-7-6-17(21)29-18/h2-7,12,15H,8-11H2,1H3,(H,22,23,25). The van der Waals surface area contributed by atoms with Crippen LogP contribution in [0.25, 0.3) is 11.3 Å². The van der Waals surface area contributed by atoms with Gasteiger partial charge in [0.15, 0.2) is 5.13 Å². The summed E-state index contributed by atoms with van der Waals surface area (Å²) < 4.78 is 27.5. The van der Waals surface area contributed by atoms with Gasteiger partial charge in [-0.05, 0) is 31.9 Å². The zero-order chi connectivity index (χ0) is 21.3. The Morgan fingerprint density at radius 3 is 2.50 bits per heavy atom. The van der Waals surface area contributed by atoms with Gasteiger partial charge in [0.2, 0.25) is 5.91 Å². The van der Waals surface area contributed by atoms with Crippen LogP contribution in [0.15, 0.2) is 46.0 Å². The second-order valence-electron chi connectivity index (χ2n) is 7.13. The fourth-order valence-electron chi connectivity index (χ4n) is 3.32. The van der Waals surface area contributed by atoms with Crippen LogP contribution in [0, 0.1) is 12.8 Å². The number of sulfonamides is 1. The van der Waals surface area contributed by atoms with Gasteiger partial charge in [0.1, 0.15) is 4.21 Å². The first kappa shape index (κ1) is 21.5. The van der Waals surface area contributed by atoms with Crippen molar-refractivity contribution in [3.63, 3.8) is 0 Å². The Labute approximate surface area is 188 Å². The molecule has 1 saturated heterocycles. The summed E-state index contributed by atoms with van der Waals surface area (Å²) in [6.45, 7) is 2.65. The van der Waals surface area contributed by atoms with Crippen LogP contribution in [0.1, 0.15) is 18.4 Å². The van der Waals surface area contributed by atoms with Crippen molar-refractivity contribution in [2.24, 2.45) is 5.92 Å². The summed E-state index contributed by atoms with van der Waals surface area (Å²) >= 11 is 8.31. The lowest BCUT2D eigenvalue weighted by atomic mass is 9.97. The van der Waals surface area contributed by atoms with Crippen LogP contribution in [-0.4, -0.2) is 36.7 Å². The molecule has 1 fully saturated rings. The molecule has 1 amide bonds. The number of thiazole rings is 1. The molecule has 4 rings (SSSR count). The van der Waals surface area contributed by atoms with Crippen molar-refractivity contribution in [3.8, 4) is 11.3 Å². The van der Waals surface area contributed by atoms with Gasteiger partial charge in [-0.1, -0.05) is 41.4 Å². The van der Waals surface area contributed by atoms with Gasteiger partial charge in [0.05, 0.1) is 10.0 Å². The van der Waals surface area contributed by atoms with Crippen molar-refractivity contribution in [1.29, 1.82) is 0 Å². The zero-order valence-corrected chi connectivity index (χ0v) is 19.4. The third-order valence-electron chi connectivity index (χ3n) is 5.05. The van der Waals surface area contributed by atoms with E-state index < -0.39 is 10.0 Å². The first-order valence-electron chi connectivity index (χ1n) is 9.42. The fraction of sp³-hybridized carbons (Fsp3) is 0.300. The number of aromatic nitrogens is 1. The molecule has 0 radical (unpaired) electrons. The van der Waals surface area contributed by atoms with Gasteiger partial charge in [-0.15, -0.1) is 22.7 Å². The number of benzene rings is 1. The predicted molar refractivity (Wildman–Crippen MR) is 122 cm³/mol. The number of nitrogens with zero attached hydrogens (tertiary/aromatic N) is 2. The van der Waals surface area contributed by atoms with Gasteiger partial charge in [-0.25, -0.2) is 13.4 Å². The second-order valence-corrected chi connectivity index (χ2v) is 11.9. The third kappa shape index (κ3) is 4.60. The maximum atomic E-state index is 12.7. The highest BCUT2D eigenvalue weighted by molar-refractivity contribution is 7.91. The van der Waals surface area contributed by atoms with Crippen LogP contribution in [0.5, 0.6) is 0 Å². The van der Waals surface area contributed by atoms with Crippen molar-refractivity contribution >= 4 is 55.3 Å². The number of hydrogen-bond acceptors (Lipinski definition) is 6. The Balaban J connectivity index is 1.35. The summed E-state index contributed by atoms with van der Waals surface area (Å²) in [5.74, 6) is -0.355. The molecule has 6 nitrogen and oxygen atoms in total. The molecule has 0 saturated carbocycles. The lowest BCUT2D eigenvalue weighted by molar-refractivity contribution is -0.120. The summed E-state index contributed by atoms with van der Waals surface area (Å²) in [6, 6.07) is 11.2. The van der Waals surface area contributed by atoms with E-state index in [4.69, 9.17) is 11.6 Å². The average Bonchev–Trinajstić information content (AvgIpc) is 3.38. The highest BCUT2D eigenvalue weighted by Gasteiger charge is 2.33. The van der Waals surface area contributed by atoms with Crippen LogP contribution >= 0.6 is 34.3 Å². The maximum Gasteiger partial charge on any atom is 0.252 e. The number of piperidine rings is 1. The molecule has 158 valence electrons. The summed E-state index contributed by atoms with van der Waals surface area (Å²) in [5, 5.41) is 5.36. The fourth-order valence-corrected chi connectivity index (χ4v) is 7.15. The first-order valence-corrected chi connectivity index (χ1v) is 12.9. The number of amides is 1. The smallest absolute Gasteiger partial charge is 0.252 e. The molecule has 0 aliphatic carbocycles. The Bertz CT molecular complexity index is 1150. The Morgan fingerprint density at radius 1 is 1.17 bits per heavy atom. The van der Waals surface area contributed by atoms with Gasteiger partial charge in [0, 0.05) is 30.0 Å². The largest absolute Gasteiger partial charge is 0.302 e. The van der Waals surface area contributed by atoms with E-state index in [2.05, 4.69) is 10.3 Å². The van der Waals surface area contributed by atoms with Gasteiger partial charge in [-0.3, -0.25) is 4.79 Å². The molecule has 0 bridgehead atoms. The number of thiophene rings is 1. The Morgan fingerprint density at radius 2 is 1.87 bits per heavy atom. The number of carbonyl (C=O) groups excluding carboxylic acids is 1. The summed E-state index contributed by atoms with van der Waals surface area (Å²) in [7, 11) is -3.55. The lowest BCUT2D eigenvalue weighted by Gasteiger charge is -2.29. The molecule has 30 heavy (non-hydrogen) atoms. The van der Waals surface area contributed by atoms with Crippen molar-refractivity contribution in [1.82, 2.24) is 9.29 Å². The van der Waals surface area contributed by atoms with Crippen molar-refractivity contribution < 1.29 is 13.2 Å². The minimum atomic E-state index is -3.55. The number of hydrogen-bond donors (Lipinski definition) is 1. The highest BCUT2D eigenvalue weighted by Crippen LogP contribution is 2.31. The molecule has 3 aromatic rings. The SMILES string of the molecule is Cc1ccc(-c2csc(NC(=O)C3CCN(S(=O)(=O)c4ccc(Cl)s4)CC3)n2)cc1. The number of halogens is 1. The van der Waals surface area contributed by atoms with E-state index in [-0.39, 0.29) is 16.0 Å². The van der Waals surface area contributed by atoms with Crippen LogP contribution in [0.2, 0.25) is 4.34 Å². The minimum absolute atomic E-state index is 0.115. The van der Waals surface area contributed by atoms with Crippen molar-refractivity contribution in [3.05, 3.63) is 51.7 Å². The Kier molecular flexibility index (Phi) is 6.26. The summed E-state index contributed by atoms with van der Waals surface area (Å²) in [6.07, 6.45) is 0.945. The van der Waals surface area contributed by atoms with E-state index in [1.165, 1.54) is 27.3 Å². The topological polar surface area (TPSA) is 79.4 Å². The van der Waals surface area contributed by atoms with Crippen LogP contribution in [-0.2, 0) is 14.8 Å². The number of carbonyl (C=O) groups is 1. The third-order valence-corrected chi connectivity index (χ3v) is 9.40.